The summed E-state index contributed by atoms with van der Waals surface area (Å²) in [4.78, 5) is 32.2. The molecule has 2 aromatic heterocycles. The number of hydrogen-bond donors (Lipinski definition) is 2. The van der Waals surface area contributed by atoms with Crippen molar-refractivity contribution < 1.29 is 9.59 Å². The number of aromatic nitrogens is 2. The van der Waals surface area contributed by atoms with Gasteiger partial charge in [0, 0.05) is 6.20 Å². The molecule has 2 amide bonds. The maximum Gasteiger partial charge on any atom is 0.315 e. The number of carbonyl (C=O) groups is 2. The van der Waals surface area contributed by atoms with Gasteiger partial charge in [-0.15, -0.1) is 0 Å². The fourth-order valence-electron chi connectivity index (χ4n) is 2.03. The fraction of sp³-hybridized carbons (Fsp3) is 0.125. The van der Waals surface area contributed by atoms with Crippen molar-refractivity contribution in [3.8, 4) is 0 Å². The molecule has 0 spiro atoms. The molecule has 1 aromatic carbocycles. The number of amides is 2. The topological polar surface area (TPSA) is 84.0 Å². The summed E-state index contributed by atoms with van der Waals surface area (Å²) in [6.45, 7) is 2.11. The van der Waals surface area contributed by atoms with Crippen LogP contribution in [0.4, 0.5) is 5.13 Å². The summed E-state index contributed by atoms with van der Waals surface area (Å²) in [6.07, 6.45) is 1.65. The van der Waals surface area contributed by atoms with Gasteiger partial charge in [-0.3, -0.25) is 19.9 Å². The Bertz CT molecular complexity index is 842. The normalized spacial score (nSPS) is 10.5. The lowest BCUT2D eigenvalue weighted by Gasteiger charge is -2.06. The minimum absolute atomic E-state index is 0.207. The first kappa shape index (κ1) is 15.1. The third-order valence-corrected chi connectivity index (χ3v) is 4.21. The van der Waals surface area contributed by atoms with Gasteiger partial charge >= 0.3 is 11.8 Å². The Kier molecular flexibility index (Phi) is 4.29. The van der Waals surface area contributed by atoms with Crippen LogP contribution in [-0.2, 0) is 16.1 Å². The van der Waals surface area contributed by atoms with E-state index in [4.69, 9.17) is 0 Å². The maximum atomic E-state index is 11.9. The lowest BCUT2D eigenvalue weighted by atomic mass is 10.2. The van der Waals surface area contributed by atoms with Gasteiger partial charge in [0.25, 0.3) is 0 Å². The van der Waals surface area contributed by atoms with Crippen LogP contribution < -0.4 is 10.6 Å². The van der Waals surface area contributed by atoms with E-state index in [1.54, 1.807) is 6.20 Å². The Hall–Kier alpha value is -2.80. The van der Waals surface area contributed by atoms with E-state index in [0.717, 1.165) is 21.5 Å². The number of hydrogen-bond acceptors (Lipinski definition) is 5. The summed E-state index contributed by atoms with van der Waals surface area (Å²) in [5.41, 5.74) is 2.48. The molecule has 0 aliphatic rings. The van der Waals surface area contributed by atoms with Crippen LogP contribution in [0.25, 0.3) is 10.2 Å². The molecule has 0 aliphatic heterocycles. The molecule has 0 atom stereocenters. The monoisotopic (exact) mass is 326 g/mol. The Labute approximate surface area is 136 Å². The van der Waals surface area contributed by atoms with Crippen LogP contribution in [0, 0.1) is 6.92 Å². The molecule has 0 saturated heterocycles. The number of nitrogens with one attached hydrogen (secondary N) is 2. The minimum Gasteiger partial charge on any atom is -0.342 e. The summed E-state index contributed by atoms with van der Waals surface area (Å²) >= 11 is 1.32. The summed E-state index contributed by atoms with van der Waals surface area (Å²) in [5.74, 6) is -1.45. The fourth-order valence-corrected chi connectivity index (χ4v) is 2.89. The lowest BCUT2D eigenvalue weighted by molar-refractivity contribution is -0.136. The number of pyridine rings is 1. The predicted octanol–water partition coefficient (Wildman–Crippen LogP) is 2.25. The van der Waals surface area contributed by atoms with Crippen molar-refractivity contribution in [1.82, 2.24) is 15.3 Å². The molecule has 7 heteroatoms. The van der Waals surface area contributed by atoms with Crippen molar-refractivity contribution in [3.05, 3.63) is 53.9 Å². The second-order valence-electron chi connectivity index (χ2n) is 4.89. The Balaban J connectivity index is 1.61. The third kappa shape index (κ3) is 3.51. The molecule has 0 aliphatic carbocycles. The summed E-state index contributed by atoms with van der Waals surface area (Å²) in [7, 11) is 0. The molecule has 0 saturated carbocycles. The number of rotatable bonds is 3. The molecule has 2 heterocycles. The highest BCUT2D eigenvalue weighted by atomic mass is 32.1. The maximum absolute atomic E-state index is 11.9. The number of benzene rings is 1. The Morgan fingerprint density at radius 1 is 1.13 bits per heavy atom. The number of carbonyl (C=O) groups excluding carboxylic acids is 2. The number of aryl methyl sites for hydroxylation is 1. The minimum atomic E-state index is -0.738. The van der Waals surface area contributed by atoms with E-state index in [-0.39, 0.29) is 6.54 Å². The molecule has 0 bridgehead atoms. The smallest absolute Gasteiger partial charge is 0.315 e. The van der Waals surface area contributed by atoms with Crippen molar-refractivity contribution in [1.29, 1.82) is 0 Å². The standard InChI is InChI=1S/C16H14N4O2S/c1-10-5-4-8-17-12(10)9-18-14(21)15(22)20-16-19-11-6-2-3-7-13(11)23-16/h2-8H,9H2,1H3,(H,18,21)(H,19,20,22). The molecule has 0 unspecified atom stereocenters. The quantitative estimate of drug-likeness (QED) is 0.723. The Morgan fingerprint density at radius 3 is 2.74 bits per heavy atom. The highest BCUT2D eigenvalue weighted by Gasteiger charge is 2.16. The van der Waals surface area contributed by atoms with E-state index in [1.165, 1.54) is 11.3 Å². The van der Waals surface area contributed by atoms with Crippen LogP contribution in [0.2, 0.25) is 0 Å². The molecule has 0 fully saturated rings. The first-order valence-corrected chi connectivity index (χ1v) is 7.80. The van der Waals surface area contributed by atoms with E-state index in [1.807, 2.05) is 43.3 Å². The molecule has 6 nitrogen and oxygen atoms in total. The number of thiazole rings is 1. The summed E-state index contributed by atoms with van der Waals surface area (Å²) < 4.78 is 0.951. The molecule has 23 heavy (non-hydrogen) atoms. The molecule has 3 aromatic rings. The van der Waals surface area contributed by atoms with Gasteiger partial charge in [-0.1, -0.05) is 29.5 Å². The second kappa shape index (κ2) is 6.53. The van der Waals surface area contributed by atoms with E-state index < -0.39 is 11.8 Å². The van der Waals surface area contributed by atoms with Gasteiger partial charge in [0.2, 0.25) is 0 Å². The molecule has 2 N–H and O–H groups in total. The zero-order valence-corrected chi connectivity index (χ0v) is 13.2. The van der Waals surface area contributed by atoms with Crippen LogP contribution in [-0.4, -0.2) is 21.8 Å². The van der Waals surface area contributed by atoms with Crippen molar-refractivity contribution >= 4 is 38.5 Å². The van der Waals surface area contributed by atoms with Gasteiger partial charge in [0.05, 0.1) is 22.5 Å². The molecule has 116 valence electrons. The molecule has 0 radical (unpaired) electrons. The van der Waals surface area contributed by atoms with Crippen molar-refractivity contribution in [2.75, 3.05) is 5.32 Å². The molecule has 3 rings (SSSR count). The SMILES string of the molecule is Cc1cccnc1CNC(=O)C(=O)Nc1nc2ccccc2s1. The van der Waals surface area contributed by atoms with Crippen LogP contribution in [0.3, 0.4) is 0 Å². The van der Waals surface area contributed by atoms with Gasteiger partial charge in [-0.05, 0) is 30.7 Å². The molecular formula is C16H14N4O2S. The average molecular weight is 326 g/mol. The van der Waals surface area contributed by atoms with E-state index in [0.29, 0.717) is 5.13 Å². The zero-order chi connectivity index (χ0) is 16.2. The van der Waals surface area contributed by atoms with Gasteiger partial charge in [-0.2, -0.15) is 0 Å². The van der Waals surface area contributed by atoms with E-state index in [9.17, 15) is 9.59 Å². The third-order valence-electron chi connectivity index (χ3n) is 3.25. The van der Waals surface area contributed by atoms with Crippen LogP contribution in [0.1, 0.15) is 11.3 Å². The van der Waals surface area contributed by atoms with Crippen molar-refractivity contribution in [2.45, 2.75) is 13.5 Å². The average Bonchev–Trinajstić information content (AvgIpc) is 2.96. The predicted molar refractivity (Wildman–Crippen MR) is 89.1 cm³/mol. The summed E-state index contributed by atoms with van der Waals surface area (Å²) in [6, 6.07) is 11.2. The first-order chi connectivity index (χ1) is 11.1. The lowest BCUT2D eigenvalue weighted by Crippen LogP contribution is -2.35. The Morgan fingerprint density at radius 2 is 1.96 bits per heavy atom. The zero-order valence-electron chi connectivity index (χ0n) is 12.4. The number of nitrogens with zero attached hydrogens (tertiary/aromatic N) is 2. The number of anilines is 1. The van der Waals surface area contributed by atoms with Crippen molar-refractivity contribution in [3.63, 3.8) is 0 Å². The summed E-state index contributed by atoms with van der Waals surface area (Å²) in [5, 5.41) is 5.48. The highest BCUT2D eigenvalue weighted by molar-refractivity contribution is 7.22. The van der Waals surface area contributed by atoms with Gasteiger partial charge in [0.1, 0.15) is 0 Å². The first-order valence-electron chi connectivity index (χ1n) is 6.99. The second-order valence-corrected chi connectivity index (χ2v) is 5.92. The van der Waals surface area contributed by atoms with Gasteiger partial charge < -0.3 is 5.32 Å². The van der Waals surface area contributed by atoms with Crippen LogP contribution in [0.15, 0.2) is 42.6 Å². The largest absolute Gasteiger partial charge is 0.342 e. The van der Waals surface area contributed by atoms with Crippen molar-refractivity contribution in [2.24, 2.45) is 0 Å². The molecular weight excluding hydrogens is 312 g/mol. The number of fused-ring (bicyclic) bond motifs is 1. The van der Waals surface area contributed by atoms with Crippen LogP contribution >= 0.6 is 11.3 Å². The van der Waals surface area contributed by atoms with Gasteiger partial charge in [0.15, 0.2) is 5.13 Å². The number of para-hydroxylation sites is 1. The van der Waals surface area contributed by atoms with E-state index in [2.05, 4.69) is 20.6 Å². The highest BCUT2D eigenvalue weighted by Crippen LogP contribution is 2.25. The van der Waals surface area contributed by atoms with Crippen LogP contribution in [0.5, 0.6) is 0 Å². The van der Waals surface area contributed by atoms with E-state index >= 15 is 0 Å². The van der Waals surface area contributed by atoms with Gasteiger partial charge in [-0.25, -0.2) is 4.98 Å².